The third kappa shape index (κ3) is 19.3. The van der Waals surface area contributed by atoms with E-state index in [-0.39, 0.29) is 75.6 Å². The maximum absolute atomic E-state index is 13.4. The van der Waals surface area contributed by atoms with Crippen molar-refractivity contribution in [1.82, 2.24) is 0 Å². The Hall–Kier alpha value is -9.65. The first-order chi connectivity index (χ1) is 53.2. The van der Waals surface area contributed by atoms with Gasteiger partial charge in [0.25, 0.3) is 0 Å². The van der Waals surface area contributed by atoms with Crippen molar-refractivity contribution in [2.75, 3.05) is 106 Å². The molecule has 592 valence electrons. The van der Waals surface area contributed by atoms with Gasteiger partial charge in [0.05, 0.1) is 75.4 Å². The maximum atomic E-state index is 13.4. The van der Waals surface area contributed by atoms with Gasteiger partial charge in [-0.2, -0.15) is 0 Å². The van der Waals surface area contributed by atoms with Gasteiger partial charge in [0.1, 0.15) is 60.9 Å². The first kappa shape index (κ1) is 83.8. The average Bonchev–Trinajstić information content (AvgIpc) is 0.732. The molecule has 0 saturated carbocycles. The predicted octanol–water partition coefficient (Wildman–Crippen LogP) is 18.3. The van der Waals surface area contributed by atoms with Crippen LogP contribution in [0.2, 0.25) is 37.3 Å². The Labute approximate surface area is 657 Å². The van der Waals surface area contributed by atoms with Gasteiger partial charge in [0.2, 0.25) is 0 Å². The average molecular weight is 1550 g/mol. The smallest absolute Gasteiger partial charge is 0.306 e. The SMILES string of the molecule is CCC(C)(O[Si](C)(C)C(C)(CC)CCCOCCOC(=O)CCC(=O)OCc1cc2c(OC)cc(OC)cc2c2c1C=CC(c1ccccc1)(c1ccc(N(C)C)cc1)O2)[Si](C)(C)CCCOCCOC(=O)CCC(=O)OCc1cc2c(OC)cc(OC)cc2c2c1C=CC(c1ccccc1)(c1ccc(N(C)C)cc1)O2. The molecule has 2 aliphatic heterocycles. The van der Waals surface area contributed by atoms with Crippen molar-refractivity contribution in [3.05, 3.63) is 202 Å². The van der Waals surface area contributed by atoms with Crippen LogP contribution in [0.15, 0.2) is 158 Å². The minimum Gasteiger partial charge on any atom is -0.497 e. The fourth-order valence-corrected chi connectivity index (χ4v) is 22.4. The van der Waals surface area contributed by atoms with Gasteiger partial charge >= 0.3 is 23.9 Å². The minimum atomic E-state index is -2.35. The Morgan fingerprint density at radius 2 is 0.847 bits per heavy atom. The zero-order valence-electron chi connectivity index (χ0n) is 67.7. The second kappa shape index (κ2) is 37.1. The van der Waals surface area contributed by atoms with Crippen molar-refractivity contribution in [3.8, 4) is 34.5 Å². The number of ether oxygens (including phenoxy) is 12. The molecule has 10 rings (SSSR count). The number of benzene rings is 8. The number of carbonyl (C=O) groups excluding carboxylic acids is 4. The molecule has 19 nitrogen and oxygen atoms in total. The lowest BCUT2D eigenvalue weighted by atomic mass is 9.82. The van der Waals surface area contributed by atoms with Crippen LogP contribution in [-0.2, 0) is 76.4 Å². The first-order valence-electron chi connectivity index (χ1n) is 38.6. The molecule has 21 heteroatoms. The van der Waals surface area contributed by atoms with Gasteiger partial charge in [-0.1, -0.05) is 143 Å². The number of carbonyl (C=O) groups is 4. The van der Waals surface area contributed by atoms with Gasteiger partial charge in [0, 0.05) is 136 Å². The van der Waals surface area contributed by atoms with E-state index in [0.29, 0.717) is 58.8 Å². The highest BCUT2D eigenvalue weighted by Gasteiger charge is 2.52. The molecule has 4 atom stereocenters. The number of hydrogen-bond donors (Lipinski definition) is 0. The largest absolute Gasteiger partial charge is 0.497 e. The summed E-state index contributed by atoms with van der Waals surface area (Å²) in [6.45, 7) is 20.1. The van der Waals surface area contributed by atoms with Gasteiger partial charge in [-0.15, -0.1) is 0 Å². The summed E-state index contributed by atoms with van der Waals surface area (Å²) in [6.07, 6.45) is 12.0. The zero-order chi connectivity index (χ0) is 79.7. The van der Waals surface area contributed by atoms with E-state index in [4.69, 9.17) is 61.3 Å². The fraction of sp³-hybridized carbons (Fsp3) is 0.422. The third-order valence-electron chi connectivity index (χ3n) is 22.7. The molecule has 0 N–H and O–H groups in total. The molecule has 2 aliphatic rings. The number of fused-ring (bicyclic) bond motifs is 6. The molecule has 0 radical (unpaired) electrons. The molecule has 0 amide bonds. The standard InChI is InChI=1S/C90H112N2O17Si2/c1-17-87(3,45-25-48-101-50-52-103-81(93)39-41-83(95)105-61-63-55-75-77(57-71(97-9)59-79(75)99-11)85-73(63)43-46-89(107-85,65-27-21-19-22-28-65)67-31-35-69(36-32-67)91(5)6)111(15,16)109-88(4,18-2)110(13,14)54-26-49-102-51-53-104-82(94)40-42-84(96)106-62-64-56-76-78(58-72(98-10)60-80(76)100-12)86-74(64)44-47-90(108-86,66-29-23-20-24-30-66)68-33-37-70(38-34-68)92(7)8/h19-24,27-38,43-44,46-47,55-60H,17-18,25-26,39-42,45,48-54,61-62H2,1-16H3. The highest BCUT2D eigenvalue weighted by molar-refractivity contribution is 6.82. The molecule has 111 heavy (non-hydrogen) atoms. The number of methoxy groups -OCH3 is 4. The number of rotatable bonds is 40. The normalized spacial score (nSPS) is 16.2. The first-order valence-corrected chi connectivity index (χ1v) is 44.7. The summed E-state index contributed by atoms with van der Waals surface area (Å²) in [5.41, 5.74) is 6.70. The van der Waals surface area contributed by atoms with Crippen molar-refractivity contribution >= 4 is 85.3 Å². The van der Waals surface area contributed by atoms with Crippen LogP contribution in [0.1, 0.15) is 130 Å². The molecule has 0 fully saturated rings. The Morgan fingerprint density at radius 3 is 1.23 bits per heavy atom. The third-order valence-corrected chi connectivity index (χ3v) is 32.3. The van der Waals surface area contributed by atoms with Crippen LogP contribution in [0.5, 0.6) is 34.5 Å². The molecular formula is C90H112N2O17Si2. The number of anilines is 2. The molecule has 0 spiro atoms. The van der Waals surface area contributed by atoms with Crippen LogP contribution in [0, 0.1) is 0 Å². The molecule has 0 saturated heterocycles. The van der Waals surface area contributed by atoms with E-state index < -0.39 is 51.5 Å². The lowest BCUT2D eigenvalue weighted by Crippen LogP contribution is -2.60. The highest BCUT2D eigenvalue weighted by atomic mass is 28.4. The van der Waals surface area contributed by atoms with E-state index in [0.717, 1.165) is 104 Å². The molecule has 8 aromatic carbocycles. The summed E-state index contributed by atoms with van der Waals surface area (Å²) >= 11 is 0. The van der Waals surface area contributed by atoms with Crippen molar-refractivity contribution in [1.29, 1.82) is 0 Å². The summed E-state index contributed by atoms with van der Waals surface area (Å²) < 4.78 is 80.1. The van der Waals surface area contributed by atoms with Gasteiger partial charge in [-0.3, -0.25) is 19.2 Å². The van der Waals surface area contributed by atoms with E-state index in [1.165, 1.54) is 0 Å². The van der Waals surface area contributed by atoms with E-state index in [1.54, 1.807) is 28.4 Å². The topological polar surface area (TPSA) is 195 Å². The summed E-state index contributed by atoms with van der Waals surface area (Å²) in [4.78, 5) is 56.7. The van der Waals surface area contributed by atoms with E-state index in [9.17, 15) is 19.2 Å². The van der Waals surface area contributed by atoms with Crippen molar-refractivity contribution in [2.24, 2.45) is 0 Å². The Bertz CT molecular complexity index is 4590. The molecule has 4 unspecified atom stereocenters. The van der Waals surface area contributed by atoms with Gasteiger partial charge in [0.15, 0.2) is 19.5 Å². The van der Waals surface area contributed by atoms with Gasteiger partial charge < -0.3 is 71.1 Å². The van der Waals surface area contributed by atoms with Gasteiger partial charge in [-0.25, -0.2) is 0 Å². The van der Waals surface area contributed by atoms with Crippen LogP contribution in [-0.4, -0.2) is 142 Å². The van der Waals surface area contributed by atoms with Crippen molar-refractivity contribution in [3.63, 3.8) is 0 Å². The second-order valence-corrected chi connectivity index (χ2v) is 40.3. The molecule has 0 bridgehead atoms. The minimum absolute atomic E-state index is 0.0405. The molecule has 2 heterocycles. The summed E-state index contributed by atoms with van der Waals surface area (Å²) in [6, 6.07) is 49.1. The molecular weight excluding hydrogens is 1440 g/mol. The van der Waals surface area contributed by atoms with Crippen molar-refractivity contribution in [2.45, 2.75) is 152 Å². The molecule has 0 aliphatic carbocycles. The van der Waals surface area contributed by atoms with Crippen LogP contribution >= 0.6 is 0 Å². The van der Waals surface area contributed by atoms with E-state index in [2.05, 4.69) is 112 Å². The van der Waals surface area contributed by atoms with E-state index >= 15 is 0 Å². The Kier molecular flexibility index (Phi) is 28.0. The van der Waals surface area contributed by atoms with Crippen LogP contribution in [0.3, 0.4) is 0 Å². The summed E-state index contributed by atoms with van der Waals surface area (Å²) in [7, 11) is 10.1. The fourth-order valence-electron chi connectivity index (χ4n) is 14.9. The number of esters is 4. The highest BCUT2D eigenvalue weighted by Crippen LogP contribution is 2.53. The monoisotopic (exact) mass is 1550 g/mol. The summed E-state index contributed by atoms with van der Waals surface area (Å²) in [5, 5.41) is 2.71. The lowest BCUT2D eigenvalue weighted by Gasteiger charge is -2.52. The van der Waals surface area contributed by atoms with Crippen LogP contribution in [0.4, 0.5) is 11.4 Å². The Balaban J connectivity index is 0.631. The second-order valence-electron chi connectivity index (χ2n) is 30.6. The predicted molar refractivity (Wildman–Crippen MR) is 443 cm³/mol. The maximum Gasteiger partial charge on any atom is 0.306 e. The zero-order valence-corrected chi connectivity index (χ0v) is 69.7. The lowest BCUT2D eigenvalue weighted by molar-refractivity contribution is -0.151. The van der Waals surface area contributed by atoms with Gasteiger partial charge in [-0.05, 0) is 111 Å². The number of hydrogen-bond acceptors (Lipinski definition) is 19. The van der Waals surface area contributed by atoms with Crippen LogP contribution in [0.25, 0.3) is 33.7 Å². The molecule has 0 aromatic heterocycles. The summed E-state index contributed by atoms with van der Waals surface area (Å²) in [5.74, 6) is 1.37. The Morgan fingerprint density at radius 1 is 0.450 bits per heavy atom. The van der Waals surface area contributed by atoms with Crippen molar-refractivity contribution < 1.29 is 80.4 Å². The van der Waals surface area contributed by atoms with E-state index in [1.807, 2.05) is 150 Å². The van der Waals surface area contributed by atoms with Crippen LogP contribution < -0.4 is 38.2 Å². The number of nitrogens with zero attached hydrogens (tertiary/aromatic N) is 2. The quantitative estimate of drug-likeness (QED) is 0.0152. The molecule has 8 aromatic rings.